The van der Waals surface area contributed by atoms with Crippen molar-refractivity contribution >= 4 is 33.3 Å². The summed E-state index contributed by atoms with van der Waals surface area (Å²) >= 11 is 2.80. The Bertz CT molecular complexity index is 1180. The highest BCUT2D eigenvalue weighted by Crippen LogP contribution is 2.25. The van der Waals surface area contributed by atoms with E-state index in [-0.39, 0.29) is 5.56 Å². The van der Waals surface area contributed by atoms with Crippen LogP contribution in [0.5, 0.6) is 0 Å². The Labute approximate surface area is 169 Å². The molecule has 8 heteroatoms. The van der Waals surface area contributed by atoms with Gasteiger partial charge in [-0.2, -0.15) is 4.98 Å². The first-order valence-corrected chi connectivity index (χ1v) is 10.7. The van der Waals surface area contributed by atoms with Gasteiger partial charge in [0.05, 0.1) is 11.3 Å². The van der Waals surface area contributed by atoms with Gasteiger partial charge in [-0.15, -0.1) is 17.9 Å². The average molecular weight is 411 g/mol. The summed E-state index contributed by atoms with van der Waals surface area (Å²) in [4.78, 5) is 21.8. The Balaban J connectivity index is 1.56. The summed E-state index contributed by atoms with van der Waals surface area (Å²) in [5, 5.41) is 6.56. The van der Waals surface area contributed by atoms with Crippen LogP contribution in [-0.2, 0) is 18.7 Å². The van der Waals surface area contributed by atoms with Gasteiger partial charge in [0.15, 0.2) is 5.16 Å². The molecule has 0 N–H and O–H groups in total. The van der Waals surface area contributed by atoms with Gasteiger partial charge in [0.25, 0.3) is 5.56 Å². The zero-order valence-corrected chi connectivity index (χ0v) is 16.9. The first-order valence-electron chi connectivity index (χ1n) is 8.83. The van der Waals surface area contributed by atoms with E-state index in [4.69, 9.17) is 4.52 Å². The molecule has 28 heavy (non-hydrogen) atoms. The first-order chi connectivity index (χ1) is 13.7. The molecule has 0 spiro atoms. The maximum atomic E-state index is 12.7. The lowest BCUT2D eigenvalue weighted by atomic mass is 10.1. The van der Waals surface area contributed by atoms with Crippen molar-refractivity contribution in [1.29, 1.82) is 0 Å². The van der Waals surface area contributed by atoms with Crippen molar-refractivity contribution in [2.75, 3.05) is 0 Å². The van der Waals surface area contributed by atoms with Gasteiger partial charge in [-0.05, 0) is 23.4 Å². The zero-order valence-electron chi connectivity index (χ0n) is 15.3. The van der Waals surface area contributed by atoms with E-state index in [0.717, 1.165) is 12.0 Å². The minimum atomic E-state index is -0.0513. The molecule has 0 fully saturated rings. The van der Waals surface area contributed by atoms with Gasteiger partial charge in [-0.25, -0.2) is 4.98 Å². The molecule has 4 rings (SSSR count). The van der Waals surface area contributed by atoms with Gasteiger partial charge in [0.2, 0.25) is 11.7 Å². The molecule has 0 unspecified atom stereocenters. The molecule has 0 radical (unpaired) electrons. The molecule has 0 bridgehead atoms. The second-order valence-corrected chi connectivity index (χ2v) is 7.94. The predicted octanol–water partition coefficient (Wildman–Crippen LogP) is 4.55. The van der Waals surface area contributed by atoms with Crippen LogP contribution < -0.4 is 5.56 Å². The minimum Gasteiger partial charge on any atom is -0.338 e. The van der Waals surface area contributed by atoms with Gasteiger partial charge < -0.3 is 4.52 Å². The molecule has 0 saturated heterocycles. The lowest BCUT2D eigenvalue weighted by Crippen LogP contribution is -2.21. The third kappa shape index (κ3) is 3.65. The van der Waals surface area contributed by atoms with Crippen molar-refractivity contribution in [1.82, 2.24) is 19.7 Å². The number of thioether (sulfide) groups is 1. The zero-order chi connectivity index (χ0) is 19.5. The maximum absolute atomic E-state index is 12.7. The fraction of sp³-hybridized carbons (Fsp3) is 0.200. The summed E-state index contributed by atoms with van der Waals surface area (Å²) in [6.45, 7) is 6.26. The fourth-order valence-electron chi connectivity index (χ4n) is 2.77. The standard InChI is InChI=1S/C20H18N4O2S2/c1-3-10-24-19(25)17-15(9-11-27-17)21-20(24)28-12-16-22-18(23-26-16)14-7-5-13(4-2)6-8-14/h3,5-9,11H,1,4,10,12H2,2H3. The Morgan fingerprint density at radius 3 is 2.82 bits per heavy atom. The Morgan fingerprint density at radius 1 is 1.25 bits per heavy atom. The lowest BCUT2D eigenvalue weighted by molar-refractivity contribution is 0.391. The van der Waals surface area contributed by atoms with Crippen molar-refractivity contribution in [3.8, 4) is 11.4 Å². The van der Waals surface area contributed by atoms with Gasteiger partial charge in [-0.1, -0.05) is 54.2 Å². The Hall–Kier alpha value is -2.71. The highest BCUT2D eigenvalue weighted by atomic mass is 32.2. The summed E-state index contributed by atoms with van der Waals surface area (Å²) in [5.74, 6) is 1.48. The van der Waals surface area contributed by atoms with Crippen LogP contribution in [0.2, 0.25) is 0 Å². The summed E-state index contributed by atoms with van der Waals surface area (Å²) in [7, 11) is 0. The van der Waals surface area contributed by atoms with Crippen LogP contribution >= 0.6 is 23.1 Å². The van der Waals surface area contributed by atoms with Gasteiger partial charge in [0, 0.05) is 12.1 Å². The van der Waals surface area contributed by atoms with Crippen LogP contribution in [0, 0.1) is 0 Å². The summed E-state index contributed by atoms with van der Waals surface area (Å²) in [5.41, 5.74) is 2.83. The second kappa shape index (κ2) is 8.12. The average Bonchev–Trinajstić information content (AvgIpc) is 3.38. The molecule has 1 aromatic carbocycles. The molecule has 3 aromatic heterocycles. The van der Waals surface area contributed by atoms with Crippen molar-refractivity contribution in [2.24, 2.45) is 0 Å². The van der Waals surface area contributed by atoms with Gasteiger partial charge in [-0.3, -0.25) is 9.36 Å². The molecule has 142 valence electrons. The molecule has 0 aliphatic carbocycles. The topological polar surface area (TPSA) is 73.8 Å². The van der Waals surface area contributed by atoms with E-state index in [1.54, 1.807) is 10.6 Å². The van der Waals surface area contributed by atoms with Gasteiger partial charge in [0.1, 0.15) is 4.70 Å². The molecule has 0 atom stereocenters. The largest absolute Gasteiger partial charge is 0.338 e. The third-order valence-corrected chi connectivity index (χ3v) is 6.11. The first kappa shape index (κ1) is 18.6. The number of rotatable bonds is 7. The lowest BCUT2D eigenvalue weighted by Gasteiger charge is -2.08. The predicted molar refractivity (Wildman–Crippen MR) is 113 cm³/mol. The number of aryl methyl sites for hydroxylation is 1. The molecule has 6 nitrogen and oxygen atoms in total. The van der Waals surface area contributed by atoms with E-state index in [0.29, 0.717) is 39.4 Å². The van der Waals surface area contributed by atoms with Crippen LogP contribution in [0.25, 0.3) is 21.6 Å². The van der Waals surface area contributed by atoms with E-state index in [1.165, 1.54) is 28.7 Å². The SMILES string of the molecule is C=CCn1c(SCc2nc(-c3ccc(CC)cc3)no2)nc2ccsc2c1=O. The summed E-state index contributed by atoms with van der Waals surface area (Å²) in [6, 6.07) is 9.97. The molecule has 4 aromatic rings. The number of hydrogen-bond donors (Lipinski definition) is 0. The molecule has 0 saturated carbocycles. The highest BCUT2D eigenvalue weighted by molar-refractivity contribution is 7.98. The van der Waals surface area contributed by atoms with Crippen molar-refractivity contribution in [2.45, 2.75) is 30.8 Å². The normalized spacial score (nSPS) is 11.2. The fourth-order valence-corrected chi connectivity index (χ4v) is 4.39. The minimum absolute atomic E-state index is 0.0513. The van der Waals surface area contributed by atoms with Crippen LogP contribution in [0.1, 0.15) is 18.4 Å². The van der Waals surface area contributed by atoms with Crippen LogP contribution in [0.3, 0.4) is 0 Å². The summed E-state index contributed by atoms with van der Waals surface area (Å²) < 4.78 is 7.66. The van der Waals surface area contributed by atoms with Crippen molar-refractivity contribution < 1.29 is 4.52 Å². The molecule has 0 amide bonds. The Morgan fingerprint density at radius 2 is 2.07 bits per heavy atom. The number of thiophene rings is 1. The van der Waals surface area contributed by atoms with Gasteiger partial charge >= 0.3 is 0 Å². The summed E-state index contributed by atoms with van der Waals surface area (Å²) in [6.07, 6.45) is 2.68. The molecule has 0 aliphatic rings. The van der Waals surface area contributed by atoms with Crippen LogP contribution in [-0.4, -0.2) is 19.7 Å². The maximum Gasteiger partial charge on any atom is 0.272 e. The smallest absolute Gasteiger partial charge is 0.272 e. The number of nitrogens with zero attached hydrogens (tertiary/aromatic N) is 4. The number of allylic oxidation sites excluding steroid dienone is 1. The monoisotopic (exact) mass is 410 g/mol. The van der Waals surface area contributed by atoms with E-state index < -0.39 is 0 Å². The molecular formula is C20H18N4O2S2. The molecular weight excluding hydrogens is 392 g/mol. The van der Waals surface area contributed by atoms with Crippen molar-refractivity contribution in [3.05, 3.63) is 70.2 Å². The molecule has 0 aliphatic heterocycles. The molecule has 3 heterocycles. The number of hydrogen-bond acceptors (Lipinski definition) is 7. The van der Waals surface area contributed by atoms with Crippen LogP contribution in [0.4, 0.5) is 0 Å². The quantitative estimate of drug-likeness (QED) is 0.253. The van der Waals surface area contributed by atoms with E-state index >= 15 is 0 Å². The third-order valence-electron chi connectivity index (χ3n) is 4.26. The Kier molecular flexibility index (Phi) is 5.40. The van der Waals surface area contributed by atoms with E-state index in [2.05, 4.69) is 40.8 Å². The van der Waals surface area contributed by atoms with Crippen LogP contribution in [0.15, 0.2) is 62.8 Å². The van der Waals surface area contributed by atoms with E-state index in [1.807, 2.05) is 23.6 Å². The van der Waals surface area contributed by atoms with Crippen molar-refractivity contribution in [3.63, 3.8) is 0 Å². The second-order valence-electron chi connectivity index (χ2n) is 6.08. The highest BCUT2D eigenvalue weighted by Gasteiger charge is 2.14. The number of fused-ring (bicyclic) bond motifs is 1. The number of aromatic nitrogens is 4. The number of benzene rings is 1. The van der Waals surface area contributed by atoms with E-state index in [9.17, 15) is 4.79 Å².